The molecule has 0 saturated carbocycles. The van der Waals surface area contributed by atoms with Crippen molar-refractivity contribution in [3.8, 4) is 39.6 Å². The molecule has 3 nitrogen and oxygen atoms in total. The molecule has 0 aliphatic heterocycles. The second kappa shape index (κ2) is 15.8. The highest BCUT2D eigenvalue weighted by molar-refractivity contribution is 6.13. The largest absolute Gasteiger partial charge is 0.309 e. The maximum atomic E-state index is 5.21. The van der Waals surface area contributed by atoms with Gasteiger partial charge in [-0.3, -0.25) is 0 Å². The number of rotatable bonds is 8. The maximum absolute atomic E-state index is 5.21. The van der Waals surface area contributed by atoms with Crippen molar-refractivity contribution in [3.05, 3.63) is 235 Å². The van der Waals surface area contributed by atoms with Crippen LogP contribution in [0.5, 0.6) is 0 Å². The average Bonchev–Trinajstić information content (AvgIpc) is 3.65. The monoisotopic (exact) mass is 795 g/mol. The third-order valence-corrected chi connectivity index (χ3v) is 12.9. The number of benzene rings is 7. The Labute approximate surface area is 363 Å². The molecule has 2 aromatic heterocycles. The van der Waals surface area contributed by atoms with Crippen molar-refractivity contribution in [2.75, 3.05) is 0 Å². The highest BCUT2D eigenvalue weighted by Gasteiger charge is 2.32. The third-order valence-electron chi connectivity index (χ3n) is 12.9. The molecule has 2 unspecified atom stereocenters. The van der Waals surface area contributed by atoms with Crippen LogP contribution in [0, 0.1) is 18.8 Å². The molecular weight excluding hydrogens is 751 g/mol. The van der Waals surface area contributed by atoms with Crippen LogP contribution < -0.4 is 0 Å². The van der Waals surface area contributed by atoms with E-state index in [4.69, 9.17) is 9.97 Å². The lowest BCUT2D eigenvalue weighted by molar-refractivity contribution is 0.616. The average molecular weight is 796 g/mol. The summed E-state index contributed by atoms with van der Waals surface area (Å²) in [6.07, 6.45) is 18.1. The number of hydrogen-bond donors (Lipinski definition) is 0. The number of allylic oxidation sites excluding steroid dienone is 8. The lowest BCUT2D eigenvalue weighted by atomic mass is 9.72. The van der Waals surface area contributed by atoms with Crippen molar-refractivity contribution in [2.24, 2.45) is 11.8 Å². The molecule has 0 fully saturated rings. The number of para-hydroxylation sites is 1. The van der Waals surface area contributed by atoms with E-state index in [9.17, 15) is 0 Å². The highest BCUT2D eigenvalue weighted by atomic mass is 15.0. The fourth-order valence-corrected chi connectivity index (χ4v) is 10.1. The van der Waals surface area contributed by atoms with E-state index >= 15 is 0 Å². The van der Waals surface area contributed by atoms with Crippen LogP contribution in [0.15, 0.2) is 212 Å². The smallest absolute Gasteiger partial charge is 0.160 e. The van der Waals surface area contributed by atoms with Gasteiger partial charge in [0, 0.05) is 39.6 Å². The molecule has 0 amide bonds. The van der Waals surface area contributed by atoms with Crippen LogP contribution in [0.1, 0.15) is 28.8 Å². The molecule has 62 heavy (non-hydrogen) atoms. The molecule has 3 heteroatoms. The molecule has 9 aromatic rings. The molecule has 11 rings (SSSR count). The van der Waals surface area contributed by atoms with Gasteiger partial charge in [0.1, 0.15) is 0 Å². The third kappa shape index (κ3) is 6.45. The molecule has 296 valence electrons. The maximum Gasteiger partial charge on any atom is 0.160 e. The summed E-state index contributed by atoms with van der Waals surface area (Å²) in [6.45, 7) is 6.58. The van der Waals surface area contributed by atoms with Crippen molar-refractivity contribution >= 4 is 44.1 Å². The number of fused-ring (bicyclic) bond motifs is 7. The number of nitrogens with zero attached hydrogens (tertiary/aromatic N) is 3. The van der Waals surface area contributed by atoms with Crippen LogP contribution in [0.3, 0.4) is 0 Å². The van der Waals surface area contributed by atoms with E-state index in [1.807, 2.05) is 30.3 Å². The normalized spacial score (nSPS) is 16.1. The number of aryl methyl sites for hydroxylation is 2. The Balaban J connectivity index is 1.06. The van der Waals surface area contributed by atoms with Crippen LogP contribution in [0.2, 0.25) is 0 Å². The van der Waals surface area contributed by atoms with Crippen LogP contribution >= 0.6 is 0 Å². The Hall–Kier alpha value is -7.62. The molecule has 2 heterocycles. The van der Waals surface area contributed by atoms with E-state index in [-0.39, 0.29) is 11.8 Å². The van der Waals surface area contributed by atoms with Crippen molar-refractivity contribution in [1.29, 1.82) is 0 Å². The van der Waals surface area contributed by atoms with E-state index in [2.05, 4.69) is 194 Å². The molecular formula is C59H45N3. The Morgan fingerprint density at radius 1 is 0.597 bits per heavy atom. The molecule has 2 aliphatic carbocycles. The summed E-state index contributed by atoms with van der Waals surface area (Å²) in [6, 6.07) is 58.3. The van der Waals surface area contributed by atoms with E-state index in [1.54, 1.807) is 0 Å². The lowest BCUT2D eigenvalue weighted by Gasteiger charge is -2.32. The zero-order valence-electron chi connectivity index (χ0n) is 34.7. The van der Waals surface area contributed by atoms with Gasteiger partial charge in [0.05, 0.1) is 22.6 Å². The van der Waals surface area contributed by atoms with Crippen LogP contribution in [-0.2, 0) is 6.42 Å². The Kier molecular flexibility index (Phi) is 9.51. The quantitative estimate of drug-likeness (QED) is 0.113. The van der Waals surface area contributed by atoms with Gasteiger partial charge in [-0.25, -0.2) is 9.97 Å². The Bertz CT molecular complexity index is 3270. The summed E-state index contributed by atoms with van der Waals surface area (Å²) >= 11 is 0. The molecule has 7 aromatic carbocycles. The molecule has 0 radical (unpaired) electrons. The fourth-order valence-electron chi connectivity index (χ4n) is 10.1. The minimum atomic E-state index is 0.0891. The second-order valence-corrected chi connectivity index (χ2v) is 16.5. The molecule has 2 aliphatic rings. The van der Waals surface area contributed by atoms with Crippen LogP contribution in [0.4, 0.5) is 0 Å². The van der Waals surface area contributed by atoms with Crippen molar-refractivity contribution in [3.63, 3.8) is 0 Å². The minimum absolute atomic E-state index is 0.0891. The topological polar surface area (TPSA) is 30.7 Å². The van der Waals surface area contributed by atoms with Gasteiger partial charge >= 0.3 is 0 Å². The highest BCUT2D eigenvalue weighted by Crippen LogP contribution is 2.46. The van der Waals surface area contributed by atoms with Crippen LogP contribution in [-0.4, -0.2) is 14.5 Å². The van der Waals surface area contributed by atoms with Crippen molar-refractivity contribution in [1.82, 2.24) is 14.5 Å². The predicted molar refractivity (Wildman–Crippen MR) is 261 cm³/mol. The lowest BCUT2D eigenvalue weighted by Crippen LogP contribution is -2.20. The summed E-state index contributed by atoms with van der Waals surface area (Å²) in [5, 5.41) is 6.60. The molecule has 0 N–H and O–H groups in total. The zero-order chi connectivity index (χ0) is 41.6. The van der Waals surface area contributed by atoms with E-state index in [0.29, 0.717) is 5.82 Å². The zero-order valence-corrected chi connectivity index (χ0v) is 34.7. The summed E-state index contributed by atoms with van der Waals surface area (Å²) < 4.78 is 2.47. The first-order chi connectivity index (χ1) is 30.6. The number of aromatic nitrogens is 3. The summed E-state index contributed by atoms with van der Waals surface area (Å²) in [4.78, 5) is 10.3. The first-order valence-electron chi connectivity index (χ1n) is 21.7. The van der Waals surface area contributed by atoms with Crippen LogP contribution in [0.25, 0.3) is 83.7 Å². The van der Waals surface area contributed by atoms with Gasteiger partial charge in [0.25, 0.3) is 0 Å². The second-order valence-electron chi connectivity index (χ2n) is 16.5. The van der Waals surface area contributed by atoms with E-state index in [0.717, 1.165) is 46.6 Å². The summed E-state index contributed by atoms with van der Waals surface area (Å²) in [5.74, 6) is 0.970. The Morgan fingerprint density at radius 2 is 1.21 bits per heavy atom. The first kappa shape index (κ1) is 37.4. The summed E-state index contributed by atoms with van der Waals surface area (Å²) in [5.41, 5.74) is 15.1. The van der Waals surface area contributed by atoms with E-state index < -0.39 is 0 Å². The van der Waals surface area contributed by atoms with E-state index in [1.165, 1.54) is 66.0 Å². The molecule has 0 saturated heterocycles. The SMILES string of the molecule is C=C/C=C(\c1c(C)c2ccccc2n1-c1cccc(-c2cc(-c3ccccc3)nc(-c3ccccc3)n2)c1)C1C=CC=CC1C1=Cc2c(c3ccccc3c3ccccc23)CC1. The standard InChI is InChI=1S/C59H45N3/c1-3-19-53(47-28-11-10-27-46(47)42-34-35-52-50-31-13-12-29-48(50)49-30-14-15-32-51(49)54(52)37-42)58-39(2)45-26-16-17-33-57(45)62(58)44-25-18-24-43(36-44)56-38-55(40-20-6-4-7-21-40)60-59(61-56)41-22-8-5-9-23-41/h3-33,36-38,46-47H,1,34-35H2,2H3/b53-19-. The summed E-state index contributed by atoms with van der Waals surface area (Å²) in [7, 11) is 0. The first-order valence-corrected chi connectivity index (χ1v) is 21.7. The van der Waals surface area contributed by atoms with Crippen molar-refractivity contribution < 1.29 is 0 Å². The van der Waals surface area contributed by atoms with Gasteiger partial charge in [-0.05, 0) is 87.8 Å². The molecule has 0 spiro atoms. The fraction of sp³-hybridized carbons (Fsp3) is 0.0847. The van der Waals surface area contributed by atoms with Gasteiger partial charge in [-0.2, -0.15) is 0 Å². The Morgan fingerprint density at radius 3 is 1.97 bits per heavy atom. The molecule has 0 bridgehead atoms. The van der Waals surface area contributed by atoms with Gasteiger partial charge in [0.2, 0.25) is 0 Å². The number of hydrogen-bond acceptors (Lipinski definition) is 2. The van der Waals surface area contributed by atoms with Crippen molar-refractivity contribution in [2.45, 2.75) is 19.8 Å². The molecule has 2 atom stereocenters. The minimum Gasteiger partial charge on any atom is -0.309 e. The van der Waals surface area contributed by atoms with Gasteiger partial charge < -0.3 is 4.57 Å². The van der Waals surface area contributed by atoms with Gasteiger partial charge in [-0.15, -0.1) is 0 Å². The van der Waals surface area contributed by atoms with Gasteiger partial charge in [-0.1, -0.05) is 194 Å². The van der Waals surface area contributed by atoms with Gasteiger partial charge in [0.15, 0.2) is 5.82 Å². The predicted octanol–water partition coefficient (Wildman–Crippen LogP) is 15.0.